The molecule has 0 bridgehead atoms. The van der Waals surface area contributed by atoms with Gasteiger partial charge < -0.3 is 15.3 Å². The Labute approximate surface area is 88.8 Å². The van der Waals surface area contributed by atoms with Gasteiger partial charge in [0.05, 0.1) is 0 Å². The van der Waals surface area contributed by atoms with Crippen molar-refractivity contribution in [1.82, 2.24) is 0 Å². The molecule has 0 aromatic heterocycles. The smallest absolute Gasteiger partial charge is 0.274 e. The van der Waals surface area contributed by atoms with Gasteiger partial charge in [-0.3, -0.25) is 0 Å². The Morgan fingerprint density at radius 1 is 0.857 bits per heavy atom. The Morgan fingerprint density at radius 3 is 1.21 bits per heavy atom. The normalized spacial score (nSPS) is 15.0. The van der Waals surface area contributed by atoms with Crippen LogP contribution in [-0.2, 0) is 0 Å². The Kier molecular flexibility index (Phi) is 4.15. The summed E-state index contributed by atoms with van der Waals surface area (Å²) >= 11 is 0. The minimum Gasteiger partial charge on any atom is -0.344 e. The van der Waals surface area contributed by atoms with Crippen LogP contribution in [0.1, 0.15) is 6.42 Å². The second-order valence-electron chi connectivity index (χ2n) is 6.26. The van der Waals surface area contributed by atoms with Crippen molar-refractivity contribution in [2.24, 2.45) is 0 Å². The zero-order valence-corrected chi connectivity index (χ0v) is 12.1. The molecule has 3 nitrogen and oxygen atoms in total. The average molecular weight is 236 g/mol. The van der Waals surface area contributed by atoms with Crippen molar-refractivity contribution >= 4 is 16.1 Å². The van der Waals surface area contributed by atoms with E-state index in [1.54, 1.807) is 0 Å². The van der Waals surface area contributed by atoms with Crippen molar-refractivity contribution in [3.8, 4) is 0 Å². The predicted molar refractivity (Wildman–Crippen MR) is 64.4 cm³/mol. The van der Waals surface area contributed by atoms with Gasteiger partial charge in [0.1, 0.15) is 0 Å². The predicted octanol–water partition coefficient (Wildman–Crippen LogP) is 1.59. The summed E-state index contributed by atoms with van der Waals surface area (Å²) in [4.78, 5) is 0. The van der Waals surface area contributed by atoms with Gasteiger partial charge in [-0.15, -0.1) is 0 Å². The van der Waals surface area contributed by atoms with Gasteiger partial charge in [-0.2, -0.15) is 0 Å². The highest BCUT2D eigenvalue weighted by atomic mass is 28.4. The Balaban J connectivity index is 4.78. The molecule has 0 radical (unpaired) electrons. The van der Waals surface area contributed by atoms with Crippen LogP contribution in [0, 0.1) is 0 Å². The molecule has 0 fully saturated rings. The highest BCUT2D eigenvalue weighted by molar-refractivity contribution is 6.96. The first-order chi connectivity index (χ1) is 5.84. The van der Waals surface area contributed by atoms with Crippen LogP contribution in [-0.4, -0.2) is 37.4 Å². The van der Waals surface area contributed by atoms with E-state index in [-0.39, 0.29) is 6.42 Å². The van der Waals surface area contributed by atoms with E-state index in [4.69, 9.17) is 15.3 Å². The molecule has 0 saturated heterocycles. The first-order valence-electron chi connectivity index (χ1n) is 5.01. The van der Waals surface area contributed by atoms with Gasteiger partial charge in [0, 0.05) is 22.6 Å². The fraction of sp³-hybridized carbons (Fsp3) is 1.00. The summed E-state index contributed by atoms with van der Waals surface area (Å²) in [5, 5.41) is 27.5. The van der Waals surface area contributed by atoms with Crippen LogP contribution in [0.25, 0.3) is 0 Å². The summed E-state index contributed by atoms with van der Waals surface area (Å²) in [7, 11) is -2.90. The number of hydrogen-bond donors (Lipinski definition) is 3. The minimum absolute atomic E-state index is 0.0957. The maximum Gasteiger partial charge on any atom is 0.274 e. The highest BCUT2D eigenvalue weighted by Gasteiger charge is 2.41. The van der Waals surface area contributed by atoms with Gasteiger partial charge >= 0.3 is 0 Å². The molecule has 0 saturated carbocycles. The Hall–Kier alpha value is 0.314. The summed E-state index contributed by atoms with van der Waals surface area (Å²) in [5.41, 5.74) is 0. The molecule has 0 aromatic carbocycles. The van der Waals surface area contributed by atoms with Crippen LogP contribution in [0.4, 0.5) is 0 Å². The van der Waals surface area contributed by atoms with E-state index < -0.39 is 22.1 Å². The van der Waals surface area contributed by atoms with Gasteiger partial charge in [-0.1, -0.05) is 39.3 Å². The van der Waals surface area contributed by atoms with Crippen molar-refractivity contribution in [3.63, 3.8) is 0 Å². The van der Waals surface area contributed by atoms with E-state index in [1.165, 1.54) is 0 Å². The molecule has 3 N–H and O–H groups in total. The zero-order valence-electron chi connectivity index (χ0n) is 10.1. The van der Waals surface area contributed by atoms with Crippen LogP contribution < -0.4 is 0 Å². The van der Waals surface area contributed by atoms with Gasteiger partial charge in [0.15, 0.2) is 0 Å². The van der Waals surface area contributed by atoms with E-state index in [9.17, 15) is 0 Å². The van der Waals surface area contributed by atoms with Crippen LogP contribution >= 0.6 is 0 Å². The molecule has 0 amide bonds. The van der Waals surface area contributed by atoms with Gasteiger partial charge in [-0.05, 0) is 5.16 Å². The molecule has 86 valence electrons. The molecule has 5 heteroatoms. The van der Waals surface area contributed by atoms with E-state index in [0.29, 0.717) is 5.16 Å². The summed E-state index contributed by atoms with van der Waals surface area (Å²) in [6, 6.07) is 0. The summed E-state index contributed by atoms with van der Waals surface area (Å²) in [6.07, 6.45) is 0.0957. The average Bonchev–Trinajstić information content (AvgIpc) is 1.75. The lowest BCUT2D eigenvalue weighted by atomic mass is 10.4. The fourth-order valence-corrected chi connectivity index (χ4v) is 14.4. The third kappa shape index (κ3) is 5.26. The minimum atomic E-state index is -2.49. The van der Waals surface area contributed by atoms with Gasteiger partial charge in [0.25, 0.3) is 5.97 Å². The number of rotatable bonds is 4. The van der Waals surface area contributed by atoms with Crippen molar-refractivity contribution < 1.29 is 15.3 Å². The van der Waals surface area contributed by atoms with Crippen molar-refractivity contribution in [2.45, 2.75) is 56.8 Å². The summed E-state index contributed by atoms with van der Waals surface area (Å²) < 4.78 is 0. The molecule has 0 rings (SSSR count). The first kappa shape index (κ1) is 14.3. The maximum atomic E-state index is 9.07. The molecule has 0 unspecified atom stereocenters. The molecule has 14 heavy (non-hydrogen) atoms. The SMILES string of the molecule is C[Si](C)(C)C(CC(O)(O)O)[Si](C)(C)C. The van der Waals surface area contributed by atoms with Gasteiger partial charge in [-0.25, -0.2) is 0 Å². The van der Waals surface area contributed by atoms with Crippen LogP contribution in [0.15, 0.2) is 0 Å². The second-order valence-corrected chi connectivity index (χ2v) is 17.7. The van der Waals surface area contributed by atoms with Gasteiger partial charge in [0.2, 0.25) is 0 Å². The first-order valence-corrected chi connectivity index (χ1v) is 12.2. The molecular weight excluding hydrogens is 212 g/mol. The molecule has 0 aliphatic heterocycles. The standard InChI is InChI=1S/C9H24O3Si2/c1-13(2,3)8(14(4,5)6)7-9(10,11)12/h8,10-12H,7H2,1-6H3. The van der Waals surface area contributed by atoms with E-state index in [0.717, 1.165) is 0 Å². The van der Waals surface area contributed by atoms with Crippen LogP contribution in [0.3, 0.4) is 0 Å². The highest BCUT2D eigenvalue weighted by Crippen LogP contribution is 2.37. The Morgan fingerprint density at radius 2 is 1.14 bits per heavy atom. The van der Waals surface area contributed by atoms with E-state index in [2.05, 4.69) is 39.3 Å². The summed E-state index contributed by atoms with van der Waals surface area (Å²) in [6.45, 7) is 13.3. The second kappa shape index (κ2) is 4.05. The lowest BCUT2D eigenvalue weighted by Crippen LogP contribution is -2.48. The zero-order chi connectivity index (χ0) is 11.8. The molecule has 0 spiro atoms. The van der Waals surface area contributed by atoms with Crippen molar-refractivity contribution in [1.29, 1.82) is 0 Å². The molecule has 0 atom stereocenters. The summed E-state index contributed by atoms with van der Waals surface area (Å²) in [5.74, 6) is -2.49. The van der Waals surface area contributed by atoms with Crippen molar-refractivity contribution in [2.75, 3.05) is 0 Å². The maximum absolute atomic E-state index is 9.07. The molecule has 0 aliphatic rings. The quantitative estimate of drug-likeness (QED) is 0.513. The lowest BCUT2D eigenvalue weighted by Gasteiger charge is -2.40. The monoisotopic (exact) mass is 236 g/mol. The molecule has 0 heterocycles. The fourth-order valence-electron chi connectivity index (χ4n) is 2.19. The molecule has 0 aromatic rings. The van der Waals surface area contributed by atoms with Crippen LogP contribution in [0.5, 0.6) is 0 Å². The third-order valence-electron chi connectivity index (χ3n) is 2.57. The van der Waals surface area contributed by atoms with E-state index >= 15 is 0 Å². The largest absolute Gasteiger partial charge is 0.344 e. The van der Waals surface area contributed by atoms with Crippen molar-refractivity contribution in [3.05, 3.63) is 0 Å². The number of hydrogen-bond acceptors (Lipinski definition) is 3. The van der Waals surface area contributed by atoms with E-state index in [1.807, 2.05) is 0 Å². The number of aliphatic hydroxyl groups is 3. The molecule has 0 aliphatic carbocycles. The van der Waals surface area contributed by atoms with Crippen LogP contribution in [0.2, 0.25) is 44.4 Å². The lowest BCUT2D eigenvalue weighted by molar-refractivity contribution is -0.313. The molecular formula is C9H24O3Si2. The topological polar surface area (TPSA) is 60.7 Å². The Bertz CT molecular complexity index is 172. The third-order valence-corrected chi connectivity index (χ3v) is 12.4.